The van der Waals surface area contributed by atoms with Crippen LogP contribution in [-0.2, 0) is 9.53 Å². The fourth-order valence-electron chi connectivity index (χ4n) is 1.74. The molecule has 0 radical (unpaired) electrons. The molecule has 1 unspecified atom stereocenters. The maximum Gasteiger partial charge on any atom is 0.306 e. The third-order valence-corrected chi connectivity index (χ3v) is 4.66. The van der Waals surface area contributed by atoms with Crippen LogP contribution in [0, 0.1) is 5.41 Å². The van der Waals surface area contributed by atoms with Crippen molar-refractivity contribution in [3.8, 4) is 0 Å². The fourth-order valence-corrected chi connectivity index (χ4v) is 3.17. The fraction of sp³-hybridized carbons (Fsp3) is 0.917. The molecule has 15 heavy (non-hydrogen) atoms. The number of thioether (sulfide) groups is 1. The minimum Gasteiger partial charge on any atom is -0.469 e. The van der Waals surface area contributed by atoms with Crippen molar-refractivity contribution in [3.05, 3.63) is 0 Å². The Bertz CT molecular complexity index is 212. The molecule has 1 aliphatic carbocycles. The van der Waals surface area contributed by atoms with Gasteiger partial charge in [0.2, 0.25) is 0 Å². The summed E-state index contributed by atoms with van der Waals surface area (Å²) in [6.07, 6.45) is 5.55. The zero-order valence-electron chi connectivity index (χ0n) is 10.0. The van der Waals surface area contributed by atoms with Crippen molar-refractivity contribution in [2.24, 2.45) is 5.41 Å². The topological polar surface area (TPSA) is 26.3 Å². The zero-order valence-corrected chi connectivity index (χ0v) is 10.9. The van der Waals surface area contributed by atoms with Crippen molar-refractivity contribution in [2.75, 3.05) is 12.9 Å². The predicted molar refractivity (Wildman–Crippen MR) is 65.1 cm³/mol. The summed E-state index contributed by atoms with van der Waals surface area (Å²) in [5.41, 5.74) is 0.291. The van der Waals surface area contributed by atoms with Crippen LogP contribution in [-0.4, -0.2) is 24.1 Å². The highest BCUT2D eigenvalue weighted by molar-refractivity contribution is 7.99. The largest absolute Gasteiger partial charge is 0.469 e. The molecule has 3 heteroatoms. The van der Waals surface area contributed by atoms with Crippen LogP contribution in [0.15, 0.2) is 0 Å². The van der Waals surface area contributed by atoms with E-state index in [1.165, 1.54) is 32.8 Å². The predicted octanol–water partition coefficient (Wildman–Crippen LogP) is 3.25. The summed E-state index contributed by atoms with van der Waals surface area (Å²) < 4.78 is 4.73. The maximum atomic E-state index is 11.2. The van der Waals surface area contributed by atoms with E-state index in [0.717, 1.165) is 11.0 Å². The highest BCUT2D eigenvalue weighted by Gasteiger charge is 2.44. The van der Waals surface area contributed by atoms with Gasteiger partial charge in [-0.15, -0.1) is 0 Å². The smallest absolute Gasteiger partial charge is 0.306 e. The lowest BCUT2D eigenvalue weighted by Crippen LogP contribution is -2.14. The SMILES string of the molecule is CCCC(C)SCC1(CC(=O)OC)CC1. The second kappa shape index (κ2) is 5.78. The van der Waals surface area contributed by atoms with Crippen molar-refractivity contribution in [1.82, 2.24) is 0 Å². The summed E-state index contributed by atoms with van der Waals surface area (Å²) in [5, 5.41) is 0.727. The van der Waals surface area contributed by atoms with E-state index in [-0.39, 0.29) is 5.97 Å². The summed E-state index contributed by atoms with van der Waals surface area (Å²) >= 11 is 2.02. The molecule has 0 aliphatic heterocycles. The lowest BCUT2D eigenvalue weighted by atomic mass is 10.1. The molecule has 0 aromatic carbocycles. The first-order valence-electron chi connectivity index (χ1n) is 5.80. The van der Waals surface area contributed by atoms with Crippen molar-refractivity contribution in [1.29, 1.82) is 0 Å². The Hall–Kier alpha value is -0.180. The second-order valence-electron chi connectivity index (χ2n) is 4.66. The molecule has 88 valence electrons. The minimum atomic E-state index is -0.0451. The van der Waals surface area contributed by atoms with E-state index in [1.54, 1.807) is 0 Å². The molecule has 0 aromatic heterocycles. The molecular formula is C12H22O2S. The van der Waals surface area contributed by atoms with Gasteiger partial charge in [-0.3, -0.25) is 4.79 Å². The third kappa shape index (κ3) is 4.45. The van der Waals surface area contributed by atoms with Gasteiger partial charge in [0.05, 0.1) is 13.5 Å². The second-order valence-corrected chi connectivity index (χ2v) is 6.09. The first-order chi connectivity index (χ1) is 7.12. The molecule has 0 heterocycles. The normalized spacial score (nSPS) is 19.7. The van der Waals surface area contributed by atoms with Crippen molar-refractivity contribution < 1.29 is 9.53 Å². The van der Waals surface area contributed by atoms with Crippen molar-refractivity contribution in [2.45, 2.75) is 51.2 Å². The highest BCUT2D eigenvalue weighted by Crippen LogP contribution is 2.51. The number of hydrogen-bond acceptors (Lipinski definition) is 3. The van der Waals surface area contributed by atoms with Gasteiger partial charge in [-0.1, -0.05) is 20.3 Å². The quantitative estimate of drug-likeness (QED) is 0.628. The van der Waals surface area contributed by atoms with Gasteiger partial charge in [0, 0.05) is 5.25 Å². The highest BCUT2D eigenvalue weighted by atomic mass is 32.2. The van der Waals surface area contributed by atoms with E-state index in [1.807, 2.05) is 11.8 Å². The minimum absolute atomic E-state index is 0.0451. The summed E-state index contributed by atoms with van der Waals surface area (Å²) in [7, 11) is 1.48. The molecule has 0 aromatic rings. The molecule has 0 bridgehead atoms. The van der Waals surface area contributed by atoms with Crippen LogP contribution in [0.2, 0.25) is 0 Å². The Morgan fingerprint density at radius 2 is 2.20 bits per heavy atom. The molecule has 0 amide bonds. The van der Waals surface area contributed by atoms with Crippen LogP contribution in [0.4, 0.5) is 0 Å². The van der Waals surface area contributed by atoms with E-state index in [2.05, 4.69) is 13.8 Å². The molecule has 1 fully saturated rings. The lowest BCUT2D eigenvalue weighted by molar-refractivity contribution is -0.141. The summed E-state index contributed by atoms with van der Waals surface area (Å²) in [6, 6.07) is 0. The van der Waals surface area contributed by atoms with E-state index >= 15 is 0 Å². The number of carbonyl (C=O) groups excluding carboxylic acids is 1. The van der Waals surface area contributed by atoms with Crippen LogP contribution in [0.25, 0.3) is 0 Å². The van der Waals surface area contributed by atoms with E-state index in [4.69, 9.17) is 4.74 Å². The Balaban J connectivity index is 2.22. The van der Waals surface area contributed by atoms with Gasteiger partial charge in [-0.2, -0.15) is 11.8 Å². The standard InChI is InChI=1S/C12H22O2S/c1-4-5-10(2)15-9-12(6-7-12)8-11(13)14-3/h10H,4-9H2,1-3H3. The molecular weight excluding hydrogens is 208 g/mol. The first kappa shape index (κ1) is 12.9. The summed E-state index contributed by atoms with van der Waals surface area (Å²) in [6.45, 7) is 4.50. The average Bonchev–Trinajstić information content (AvgIpc) is 2.96. The molecule has 0 saturated heterocycles. The maximum absolute atomic E-state index is 11.2. The average molecular weight is 230 g/mol. The van der Waals surface area contributed by atoms with Gasteiger partial charge >= 0.3 is 5.97 Å². The summed E-state index contributed by atoms with van der Waals surface area (Å²) in [5.74, 6) is 1.08. The molecule has 2 nitrogen and oxygen atoms in total. The van der Waals surface area contributed by atoms with Crippen LogP contribution in [0.3, 0.4) is 0 Å². The number of esters is 1. The van der Waals surface area contributed by atoms with Gasteiger partial charge in [-0.25, -0.2) is 0 Å². The Labute approximate surface area is 97.1 Å². The van der Waals surface area contributed by atoms with Gasteiger partial charge in [0.15, 0.2) is 0 Å². The number of methoxy groups -OCH3 is 1. The molecule has 0 N–H and O–H groups in total. The number of ether oxygens (including phenoxy) is 1. The van der Waals surface area contributed by atoms with Gasteiger partial charge in [0.25, 0.3) is 0 Å². The van der Waals surface area contributed by atoms with E-state index in [0.29, 0.717) is 11.8 Å². The Morgan fingerprint density at radius 3 is 2.67 bits per heavy atom. The molecule has 0 spiro atoms. The van der Waals surface area contributed by atoms with Gasteiger partial charge < -0.3 is 4.74 Å². The molecule has 1 aliphatic rings. The Kier molecular flexibility index (Phi) is 4.97. The molecule has 1 atom stereocenters. The van der Waals surface area contributed by atoms with Gasteiger partial charge in [-0.05, 0) is 30.4 Å². The van der Waals surface area contributed by atoms with Crippen LogP contribution in [0.1, 0.15) is 46.0 Å². The molecule has 1 saturated carbocycles. The number of rotatable bonds is 7. The summed E-state index contributed by atoms with van der Waals surface area (Å²) in [4.78, 5) is 11.2. The first-order valence-corrected chi connectivity index (χ1v) is 6.85. The lowest BCUT2D eigenvalue weighted by Gasteiger charge is -2.16. The number of carbonyl (C=O) groups is 1. The zero-order chi connectivity index (χ0) is 11.3. The van der Waals surface area contributed by atoms with Gasteiger partial charge in [0.1, 0.15) is 0 Å². The number of hydrogen-bond donors (Lipinski definition) is 0. The Morgan fingerprint density at radius 1 is 1.53 bits per heavy atom. The molecule has 1 rings (SSSR count). The van der Waals surface area contributed by atoms with E-state index < -0.39 is 0 Å². The van der Waals surface area contributed by atoms with Crippen LogP contribution >= 0.6 is 11.8 Å². The van der Waals surface area contributed by atoms with E-state index in [9.17, 15) is 4.79 Å². The monoisotopic (exact) mass is 230 g/mol. The third-order valence-electron chi connectivity index (χ3n) is 3.07. The van der Waals surface area contributed by atoms with Crippen LogP contribution in [0.5, 0.6) is 0 Å². The van der Waals surface area contributed by atoms with Crippen molar-refractivity contribution >= 4 is 17.7 Å². The van der Waals surface area contributed by atoms with Crippen LogP contribution < -0.4 is 0 Å². The van der Waals surface area contributed by atoms with Crippen molar-refractivity contribution in [3.63, 3.8) is 0 Å².